The summed E-state index contributed by atoms with van der Waals surface area (Å²) in [5, 5.41) is 6.89. The van der Waals surface area contributed by atoms with Crippen LogP contribution in [0.3, 0.4) is 0 Å². The van der Waals surface area contributed by atoms with E-state index in [1.807, 2.05) is 46.8 Å². The van der Waals surface area contributed by atoms with Gasteiger partial charge in [-0.1, -0.05) is 33.3 Å². The molecule has 0 radical (unpaired) electrons. The summed E-state index contributed by atoms with van der Waals surface area (Å²) in [6.07, 6.45) is 3.81. The molecule has 1 atom stereocenters. The molecule has 6 nitrogen and oxygen atoms in total. The van der Waals surface area contributed by atoms with E-state index in [9.17, 15) is 18.4 Å². The number of aromatic nitrogens is 1. The number of aryl methyl sites for hydroxylation is 4. The topological polar surface area (TPSA) is 102 Å². The van der Waals surface area contributed by atoms with Gasteiger partial charge in [0.05, 0.1) is 0 Å². The highest BCUT2D eigenvalue weighted by Crippen LogP contribution is 2.31. The molecule has 0 saturated heterocycles. The largest absolute Gasteiger partial charge is 0.483 e. The Morgan fingerprint density at radius 2 is 1.63 bits per heavy atom. The Hall–Kier alpha value is -3.81. The number of halogens is 2. The van der Waals surface area contributed by atoms with Gasteiger partial charge < -0.3 is 15.4 Å². The standard InChI is InChI=1S/C18H20F2.C11H16N2O2.CH2O2/c1-5-6-14-10-15(7-13(4)18(14)20)17-11(2)8-16(19)9-12(17)3;1-8(2)7-9(11(12)15)13-6-4-3-5-10(13)14;2-1-3/h7-10H,5-6H2,1-4H3;3-6,8-9H,7H2,1-2H3,(H2,12,15);1H,(H,2,3). The Bertz CT molecular complexity index is 1260. The second-order valence-corrected chi connectivity index (χ2v) is 9.53. The molecule has 0 saturated carbocycles. The maximum absolute atomic E-state index is 14.1. The minimum atomic E-state index is -0.543. The molecule has 2 aromatic carbocycles. The van der Waals surface area contributed by atoms with Gasteiger partial charge >= 0.3 is 0 Å². The van der Waals surface area contributed by atoms with Crippen molar-refractivity contribution in [2.24, 2.45) is 11.7 Å². The summed E-state index contributed by atoms with van der Waals surface area (Å²) in [6.45, 7) is 11.3. The molecule has 3 N–H and O–H groups in total. The molecule has 206 valence electrons. The first-order chi connectivity index (χ1) is 17.9. The summed E-state index contributed by atoms with van der Waals surface area (Å²) < 4.78 is 28.9. The molecule has 3 aromatic rings. The summed E-state index contributed by atoms with van der Waals surface area (Å²) in [5.74, 6) is -0.490. The van der Waals surface area contributed by atoms with E-state index in [-0.39, 0.29) is 23.7 Å². The highest BCUT2D eigenvalue weighted by atomic mass is 19.1. The second kappa shape index (κ2) is 15.4. The summed E-state index contributed by atoms with van der Waals surface area (Å²) in [5.41, 5.74) is 10.2. The summed E-state index contributed by atoms with van der Waals surface area (Å²) in [6, 6.07) is 11.1. The van der Waals surface area contributed by atoms with Crippen molar-refractivity contribution in [1.29, 1.82) is 0 Å². The van der Waals surface area contributed by atoms with Crippen molar-refractivity contribution in [3.05, 3.63) is 92.9 Å². The van der Waals surface area contributed by atoms with E-state index in [0.717, 1.165) is 40.7 Å². The van der Waals surface area contributed by atoms with E-state index in [1.54, 1.807) is 25.3 Å². The first kappa shape index (κ1) is 32.2. The maximum atomic E-state index is 14.1. The van der Waals surface area contributed by atoms with Gasteiger partial charge in [-0.3, -0.25) is 14.4 Å². The lowest BCUT2D eigenvalue weighted by Gasteiger charge is -2.17. The van der Waals surface area contributed by atoms with E-state index in [1.165, 1.54) is 22.8 Å². The highest BCUT2D eigenvalue weighted by Gasteiger charge is 2.19. The third-order valence-electron chi connectivity index (χ3n) is 5.85. The average molecular weight is 529 g/mol. The molecular formula is C30H38F2N2O4. The summed E-state index contributed by atoms with van der Waals surface area (Å²) >= 11 is 0. The number of hydrogen-bond donors (Lipinski definition) is 2. The molecule has 1 heterocycles. The zero-order chi connectivity index (χ0) is 29.0. The molecule has 3 rings (SSSR count). The lowest BCUT2D eigenvalue weighted by Crippen LogP contribution is -2.33. The molecule has 0 fully saturated rings. The molecule has 1 amide bonds. The van der Waals surface area contributed by atoms with Gasteiger partial charge in [0.2, 0.25) is 5.91 Å². The van der Waals surface area contributed by atoms with Crippen LogP contribution in [0.15, 0.2) is 53.5 Å². The average Bonchev–Trinajstić information content (AvgIpc) is 2.81. The summed E-state index contributed by atoms with van der Waals surface area (Å²) in [7, 11) is 0. The van der Waals surface area contributed by atoms with Crippen LogP contribution in [0.4, 0.5) is 8.78 Å². The molecule has 0 spiro atoms. The van der Waals surface area contributed by atoms with Gasteiger partial charge in [0.25, 0.3) is 12.0 Å². The van der Waals surface area contributed by atoms with E-state index < -0.39 is 11.9 Å². The number of nitrogens with zero attached hydrogens (tertiary/aromatic N) is 1. The van der Waals surface area contributed by atoms with Crippen LogP contribution >= 0.6 is 0 Å². The Kier molecular flexibility index (Phi) is 13.1. The molecule has 1 aromatic heterocycles. The number of rotatable bonds is 7. The number of pyridine rings is 1. The number of carboxylic acid groups (broad SMARTS) is 1. The van der Waals surface area contributed by atoms with Crippen LogP contribution in [0.25, 0.3) is 11.1 Å². The number of carbonyl (C=O) groups is 2. The Morgan fingerprint density at radius 3 is 2.11 bits per heavy atom. The van der Waals surface area contributed by atoms with Crippen molar-refractivity contribution in [3.63, 3.8) is 0 Å². The molecule has 0 aliphatic heterocycles. The van der Waals surface area contributed by atoms with E-state index >= 15 is 0 Å². The SMILES string of the molecule is CC(C)CC(C(N)=O)n1ccccc1=O.CCCc1cc(-c2c(C)cc(F)cc2C)cc(C)c1F.O=CO. The van der Waals surface area contributed by atoms with Crippen molar-refractivity contribution in [2.75, 3.05) is 0 Å². The fourth-order valence-electron chi connectivity index (χ4n) is 4.31. The van der Waals surface area contributed by atoms with Gasteiger partial charge in [0, 0.05) is 12.3 Å². The van der Waals surface area contributed by atoms with Gasteiger partial charge in [-0.25, -0.2) is 8.78 Å². The Morgan fingerprint density at radius 1 is 1.05 bits per heavy atom. The van der Waals surface area contributed by atoms with E-state index in [2.05, 4.69) is 0 Å². The quantitative estimate of drug-likeness (QED) is 0.360. The van der Waals surface area contributed by atoms with Crippen LogP contribution in [0.1, 0.15) is 61.9 Å². The van der Waals surface area contributed by atoms with Crippen LogP contribution in [-0.4, -0.2) is 22.1 Å². The predicted molar refractivity (Wildman–Crippen MR) is 147 cm³/mol. The van der Waals surface area contributed by atoms with Gasteiger partial charge in [-0.15, -0.1) is 0 Å². The Labute approximate surface area is 223 Å². The number of hydrogen-bond acceptors (Lipinski definition) is 3. The number of nitrogens with two attached hydrogens (primary N) is 1. The van der Waals surface area contributed by atoms with E-state index in [4.69, 9.17) is 15.6 Å². The number of benzene rings is 2. The number of carbonyl (C=O) groups excluding carboxylic acids is 1. The third-order valence-corrected chi connectivity index (χ3v) is 5.85. The maximum Gasteiger partial charge on any atom is 0.290 e. The van der Waals surface area contributed by atoms with Crippen molar-refractivity contribution in [1.82, 2.24) is 4.57 Å². The van der Waals surface area contributed by atoms with E-state index in [0.29, 0.717) is 17.9 Å². The minimum Gasteiger partial charge on any atom is -0.483 e. The first-order valence-corrected chi connectivity index (χ1v) is 12.5. The minimum absolute atomic E-state index is 0.118. The normalized spacial score (nSPS) is 11.1. The van der Waals surface area contributed by atoms with Crippen molar-refractivity contribution >= 4 is 12.4 Å². The van der Waals surface area contributed by atoms with Crippen LogP contribution in [0.5, 0.6) is 0 Å². The van der Waals surface area contributed by atoms with Crippen molar-refractivity contribution < 1.29 is 23.5 Å². The van der Waals surface area contributed by atoms with Gasteiger partial charge in [0.15, 0.2) is 0 Å². The molecule has 0 aliphatic rings. The van der Waals surface area contributed by atoms with Crippen LogP contribution in [-0.2, 0) is 16.0 Å². The third kappa shape index (κ3) is 9.25. The number of amides is 1. The fraction of sp³-hybridized carbons (Fsp3) is 0.367. The zero-order valence-corrected chi connectivity index (χ0v) is 22.9. The van der Waals surface area contributed by atoms with Crippen molar-refractivity contribution in [2.45, 2.75) is 66.8 Å². The molecule has 0 aliphatic carbocycles. The lowest BCUT2D eigenvalue weighted by atomic mass is 9.92. The number of primary amides is 1. The molecule has 1 unspecified atom stereocenters. The smallest absolute Gasteiger partial charge is 0.290 e. The highest BCUT2D eigenvalue weighted by molar-refractivity contribution is 5.78. The lowest BCUT2D eigenvalue weighted by molar-refractivity contribution is -0.123. The van der Waals surface area contributed by atoms with Crippen molar-refractivity contribution in [3.8, 4) is 11.1 Å². The van der Waals surface area contributed by atoms with Gasteiger partial charge in [-0.2, -0.15) is 0 Å². The second-order valence-electron chi connectivity index (χ2n) is 9.53. The zero-order valence-electron chi connectivity index (χ0n) is 22.9. The molecular weight excluding hydrogens is 490 g/mol. The van der Waals surface area contributed by atoms with Crippen LogP contribution in [0, 0.1) is 38.3 Å². The summed E-state index contributed by atoms with van der Waals surface area (Å²) in [4.78, 5) is 31.1. The van der Waals surface area contributed by atoms with Gasteiger partial charge in [-0.05, 0) is 103 Å². The Balaban J connectivity index is 0.000000356. The molecule has 38 heavy (non-hydrogen) atoms. The van der Waals surface area contributed by atoms with Crippen LogP contribution in [0.2, 0.25) is 0 Å². The predicted octanol–water partition coefficient (Wildman–Crippen LogP) is 6.13. The molecule has 8 heteroatoms. The first-order valence-electron chi connectivity index (χ1n) is 12.5. The monoisotopic (exact) mass is 528 g/mol. The fourth-order valence-corrected chi connectivity index (χ4v) is 4.31. The van der Waals surface area contributed by atoms with Crippen LogP contribution < -0.4 is 11.3 Å². The van der Waals surface area contributed by atoms with Gasteiger partial charge in [0.1, 0.15) is 17.7 Å². The molecule has 0 bridgehead atoms.